The first-order chi connectivity index (χ1) is 9.27. The Bertz CT molecular complexity index is 575. The van der Waals surface area contributed by atoms with Crippen LogP contribution in [0, 0.1) is 5.41 Å². The van der Waals surface area contributed by atoms with Crippen LogP contribution >= 0.6 is 0 Å². The quantitative estimate of drug-likeness (QED) is 0.716. The summed E-state index contributed by atoms with van der Waals surface area (Å²) in [6.45, 7) is 5.45. The minimum absolute atomic E-state index is 0.116. The number of hydrogen-bond donors (Lipinski definition) is 3. The molecule has 0 aromatic heterocycles. The fourth-order valence-corrected chi connectivity index (χ4v) is 1.77. The lowest BCUT2D eigenvalue weighted by Gasteiger charge is -2.18. The molecule has 1 aromatic rings. The van der Waals surface area contributed by atoms with E-state index in [-0.39, 0.29) is 5.91 Å². The highest BCUT2D eigenvalue weighted by atomic mass is 16.2. The van der Waals surface area contributed by atoms with E-state index in [1.54, 1.807) is 24.3 Å². The van der Waals surface area contributed by atoms with Crippen LogP contribution in [0.3, 0.4) is 0 Å². The predicted octanol–water partition coefficient (Wildman–Crippen LogP) is 1.55. The van der Waals surface area contributed by atoms with Crippen molar-refractivity contribution in [1.82, 2.24) is 10.6 Å². The monoisotopic (exact) mass is 275 g/mol. The van der Waals surface area contributed by atoms with E-state index in [0.717, 1.165) is 0 Å². The molecule has 0 aliphatic carbocycles. The maximum atomic E-state index is 11.9. The van der Waals surface area contributed by atoms with Crippen LogP contribution in [0.15, 0.2) is 24.3 Å². The summed E-state index contributed by atoms with van der Waals surface area (Å²) in [5.74, 6) is -0.510. The van der Waals surface area contributed by atoms with Crippen molar-refractivity contribution in [3.05, 3.63) is 29.8 Å². The third-order valence-electron chi connectivity index (χ3n) is 2.93. The van der Waals surface area contributed by atoms with E-state index < -0.39 is 23.4 Å². The third-order valence-corrected chi connectivity index (χ3v) is 2.93. The number of rotatable bonds is 2. The Morgan fingerprint density at radius 1 is 1.25 bits per heavy atom. The van der Waals surface area contributed by atoms with Gasteiger partial charge in [0.05, 0.1) is 0 Å². The van der Waals surface area contributed by atoms with E-state index >= 15 is 0 Å². The molecule has 6 heteroatoms. The van der Waals surface area contributed by atoms with Crippen LogP contribution in [0.5, 0.6) is 0 Å². The van der Waals surface area contributed by atoms with E-state index in [2.05, 4.69) is 16.0 Å². The summed E-state index contributed by atoms with van der Waals surface area (Å²) in [4.78, 5) is 34.6. The lowest BCUT2D eigenvalue weighted by molar-refractivity contribution is -0.123. The molecule has 0 saturated carbocycles. The number of carbonyl (C=O) groups excluding carboxylic acids is 3. The number of benzene rings is 1. The van der Waals surface area contributed by atoms with Crippen LogP contribution < -0.4 is 16.0 Å². The number of amides is 4. The lowest BCUT2D eigenvalue weighted by atomic mass is 9.95. The fourth-order valence-electron chi connectivity index (χ4n) is 1.77. The average Bonchev–Trinajstić information content (AvgIpc) is 2.67. The van der Waals surface area contributed by atoms with Gasteiger partial charge in [0.15, 0.2) is 0 Å². The zero-order chi connectivity index (χ0) is 14.9. The third kappa shape index (κ3) is 2.96. The van der Waals surface area contributed by atoms with Gasteiger partial charge in [0, 0.05) is 11.1 Å². The van der Waals surface area contributed by atoms with Crippen molar-refractivity contribution >= 4 is 23.5 Å². The predicted molar refractivity (Wildman–Crippen MR) is 73.9 cm³/mol. The van der Waals surface area contributed by atoms with E-state index in [9.17, 15) is 14.4 Å². The molecule has 4 amide bonds. The molecular formula is C14H17N3O3. The SMILES string of the molecule is CC(C)(C)C(=O)Nc1cccc(C2NC(=O)NC2=O)c1. The van der Waals surface area contributed by atoms with Gasteiger partial charge >= 0.3 is 6.03 Å². The molecule has 1 aliphatic rings. The number of hydrogen-bond acceptors (Lipinski definition) is 3. The molecule has 3 N–H and O–H groups in total. The first-order valence-electron chi connectivity index (χ1n) is 6.30. The van der Waals surface area contributed by atoms with E-state index in [1.165, 1.54) is 0 Å². The lowest BCUT2D eigenvalue weighted by Crippen LogP contribution is -2.27. The highest BCUT2D eigenvalue weighted by Crippen LogP contribution is 2.22. The largest absolute Gasteiger partial charge is 0.326 e. The molecule has 1 unspecified atom stereocenters. The summed E-state index contributed by atoms with van der Waals surface area (Å²) >= 11 is 0. The Kier molecular flexibility index (Phi) is 3.48. The second-order valence-electron chi connectivity index (χ2n) is 5.73. The van der Waals surface area contributed by atoms with E-state index in [1.807, 2.05) is 20.8 Å². The molecule has 106 valence electrons. The molecule has 1 saturated heterocycles. The molecule has 0 spiro atoms. The van der Waals surface area contributed by atoms with Crippen LogP contribution in [-0.2, 0) is 9.59 Å². The summed E-state index contributed by atoms with van der Waals surface area (Å²) in [5.41, 5.74) is 0.714. The summed E-state index contributed by atoms with van der Waals surface area (Å²) in [5, 5.41) is 7.48. The van der Waals surface area contributed by atoms with Crippen molar-refractivity contribution in [3.63, 3.8) is 0 Å². The van der Waals surface area contributed by atoms with Gasteiger partial charge in [0.1, 0.15) is 6.04 Å². The van der Waals surface area contributed by atoms with Gasteiger partial charge < -0.3 is 10.6 Å². The second kappa shape index (κ2) is 4.96. The van der Waals surface area contributed by atoms with Crippen molar-refractivity contribution in [2.75, 3.05) is 5.32 Å². The Morgan fingerprint density at radius 2 is 1.95 bits per heavy atom. The van der Waals surface area contributed by atoms with Crippen molar-refractivity contribution in [2.45, 2.75) is 26.8 Å². The van der Waals surface area contributed by atoms with Gasteiger partial charge in [-0.2, -0.15) is 0 Å². The molecule has 6 nitrogen and oxygen atoms in total. The molecule has 1 heterocycles. The van der Waals surface area contributed by atoms with Crippen LogP contribution in [0.4, 0.5) is 10.5 Å². The molecule has 20 heavy (non-hydrogen) atoms. The van der Waals surface area contributed by atoms with Gasteiger partial charge in [0.25, 0.3) is 5.91 Å². The molecule has 2 rings (SSSR count). The molecule has 1 atom stereocenters. The van der Waals surface area contributed by atoms with E-state index in [4.69, 9.17) is 0 Å². The topological polar surface area (TPSA) is 87.3 Å². The Morgan fingerprint density at radius 3 is 2.50 bits per heavy atom. The summed E-state index contributed by atoms with van der Waals surface area (Å²) in [6.07, 6.45) is 0. The van der Waals surface area contributed by atoms with E-state index in [0.29, 0.717) is 11.3 Å². The maximum Gasteiger partial charge on any atom is 0.322 e. The molecule has 1 fully saturated rings. The number of urea groups is 1. The number of imide groups is 1. The zero-order valence-corrected chi connectivity index (χ0v) is 11.6. The Labute approximate surface area is 116 Å². The molecule has 0 bridgehead atoms. The van der Waals surface area contributed by atoms with Gasteiger partial charge in [0.2, 0.25) is 5.91 Å². The van der Waals surface area contributed by atoms with Crippen LogP contribution in [0.25, 0.3) is 0 Å². The number of anilines is 1. The smallest absolute Gasteiger partial charge is 0.322 e. The highest BCUT2D eigenvalue weighted by Gasteiger charge is 2.31. The van der Waals surface area contributed by atoms with Crippen molar-refractivity contribution < 1.29 is 14.4 Å². The zero-order valence-electron chi connectivity index (χ0n) is 11.6. The van der Waals surface area contributed by atoms with Gasteiger partial charge in [-0.1, -0.05) is 32.9 Å². The normalized spacial score (nSPS) is 18.4. The minimum Gasteiger partial charge on any atom is -0.326 e. The van der Waals surface area contributed by atoms with Crippen LogP contribution in [0.1, 0.15) is 32.4 Å². The van der Waals surface area contributed by atoms with Crippen molar-refractivity contribution in [1.29, 1.82) is 0 Å². The molecule has 1 aromatic carbocycles. The van der Waals surface area contributed by atoms with Crippen molar-refractivity contribution in [3.8, 4) is 0 Å². The molecule has 0 radical (unpaired) electrons. The summed E-state index contributed by atoms with van der Waals surface area (Å²) in [7, 11) is 0. The summed E-state index contributed by atoms with van der Waals surface area (Å²) < 4.78 is 0. The Hall–Kier alpha value is -2.37. The Balaban J connectivity index is 2.19. The van der Waals surface area contributed by atoms with Gasteiger partial charge in [-0.15, -0.1) is 0 Å². The van der Waals surface area contributed by atoms with Crippen molar-refractivity contribution in [2.24, 2.45) is 5.41 Å². The van der Waals surface area contributed by atoms with Gasteiger partial charge in [-0.25, -0.2) is 4.79 Å². The summed E-state index contributed by atoms with van der Waals surface area (Å²) in [6, 6.07) is 5.65. The molecular weight excluding hydrogens is 258 g/mol. The van der Waals surface area contributed by atoms with Crippen LogP contribution in [0.2, 0.25) is 0 Å². The second-order valence-corrected chi connectivity index (χ2v) is 5.73. The first-order valence-corrected chi connectivity index (χ1v) is 6.30. The van der Waals surface area contributed by atoms with Gasteiger partial charge in [-0.05, 0) is 17.7 Å². The minimum atomic E-state index is -0.714. The van der Waals surface area contributed by atoms with Gasteiger partial charge in [-0.3, -0.25) is 14.9 Å². The fraction of sp³-hybridized carbons (Fsp3) is 0.357. The van der Waals surface area contributed by atoms with Crippen LogP contribution in [-0.4, -0.2) is 17.8 Å². The molecule has 1 aliphatic heterocycles. The average molecular weight is 275 g/mol. The highest BCUT2D eigenvalue weighted by molar-refractivity contribution is 6.04. The maximum absolute atomic E-state index is 11.9. The first kappa shape index (κ1) is 14.0. The number of carbonyl (C=O) groups is 3. The number of nitrogens with one attached hydrogen (secondary N) is 3. The standard InChI is InChI=1S/C14H17N3O3/c1-14(2,3)12(19)15-9-6-4-5-8(7-9)10-11(18)17-13(20)16-10/h4-7,10H,1-3H3,(H,15,19)(H2,16,17,18,20).